The minimum atomic E-state index is -0.997. The Morgan fingerprint density at radius 2 is 2.00 bits per heavy atom. The van der Waals surface area contributed by atoms with Crippen molar-refractivity contribution in [2.24, 2.45) is 0 Å². The van der Waals surface area contributed by atoms with E-state index in [9.17, 15) is 14.4 Å². The fraction of sp³-hybridized carbons (Fsp3) is 0.400. The minimum absolute atomic E-state index is 0.0488. The van der Waals surface area contributed by atoms with E-state index in [0.717, 1.165) is 24.1 Å². The van der Waals surface area contributed by atoms with Gasteiger partial charge in [-0.25, -0.2) is 0 Å². The third-order valence-electron chi connectivity index (χ3n) is 3.53. The van der Waals surface area contributed by atoms with Crippen molar-refractivity contribution >= 4 is 39.3 Å². The van der Waals surface area contributed by atoms with Gasteiger partial charge in [0.1, 0.15) is 0 Å². The Bertz CT molecular complexity index is 612. The van der Waals surface area contributed by atoms with E-state index in [-0.39, 0.29) is 24.5 Å². The summed E-state index contributed by atoms with van der Waals surface area (Å²) in [6, 6.07) is 3.56. The SMILES string of the molecule is CC(=O)N1CCCc2cc(Br)c(C(=O)CCC(=O)O)cc21. The van der Waals surface area contributed by atoms with Crippen molar-refractivity contribution < 1.29 is 19.5 Å². The Hall–Kier alpha value is -1.69. The Morgan fingerprint density at radius 3 is 2.62 bits per heavy atom. The molecule has 1 amide bonds. The zero-order chi connectivity index (χ0) is 15.6. The van der Waals surface area contributed by atoms with Crippen LogP contribution in [-0.4, -0.2) is 29.3 Å². The summed E-state index contributed by atoms with van der Waals surface area (Å²) < 4.78 is 0.655. The second-order valence-electron chi connectivity index (χ2n) is 5.05. The monoisotopic (exact) mass is 353 g/mol. The molecule has 0 unspecified atom stereocenters. The number of aryl methyl sites for hydroxylation is 1. The number of rotatable bonds is 4. The molecule has 1 aliphatic heterocycles. The lowest BCUT2D eigenvalue weighted by atomic mass is 9.97. The first kappa shape index (κ1) is 15.7. The van der Waals surface area contributed by atoms with E-state index < -0.39 is 5.97 Å². The maximum Gasteiger partial charge on any atom is 0.303 e. The number of nitrogens with zero attached hydrogens (tertiary/aromatic N) is 1. The number of fused-ring (bicyclic) bond motifs is 1. The van der Waals surface area contributed by atoms with Crippen molar-refractivity contribution in [1.82, 2.24) is 0 Å². The lowest BCUT2D eigenvalue weighted by Crippen LogP contribution is -2.33. The van der Waals surface area contributed by atoms with Gasteiger partial charge in [-0.1, -0.05) is 15.9 Å². The van der Waals surface area contributed by atoms with Crippen LogP contribution in [0.15, 0.2) is 16.6 Å². The zero-order valence-electron chi connectivity index (χ0n) is 11.7. The molecule has 0 fully saturated rings. The van der Waals surface area contributed by atoms with Crippen LogP contribution in [0.25, 0.3) is 0 Å². The molecule has 0 spiro atoms. The molecule has 1 aromatic rings. The second-order valence-corrected chi connectivity index (χ2v) is 5.91. The lowest BCUT2D eigenvalue weighted by Gasteiger charge is -2.29. The normalized spacial score (nSPS) is 13.7. The predicted molar refractivity (Wildman–Crippen MR) is 81.7 cm³/mol. The van der Waals surface area contributed by atoms with E-state index in [2.05, 4.69) is 15.9 Å². The van der Waals surface area contributed by atoms with Gasteiger partial charge in [-0.3, -0.25) is 14.4 Å². The van der Waals surface area contributed by atoms with Crippen molar-refractivity contribution in [2.75, 3.05) is 11.4 Å². The molecule has 0 bridgehead atoms. The van der Waals surface area contributed by atoms with Gasteiger partial charge < -0.3 is 10.0 Å². The molecular weight excluding hydrogens is 338 g/mol. The first-order valence-electron chi connectivity index (χ1n) is 6.75. The van der Waals surface area contributed by atoms with Crippen molar-refractivity contribution in [3.05, 3.63) is 27.7 Å². The van der Waals surface area contributed by atoms with E-state index in [0.29, 0.717) is 16.6 Å². The van der Waals surface area contributed by atoms with Gasteiger partial charge in [-0.2, -0.15) is 0 Å². The highest BCUT2D eigenvalue weighted by atomic mass is 79.9. The summed E-state index contributed by atoms with van der Waals surface area (Å²) in [5, 5.41) is 8.67. The number of Topliss-reactive ketones (excluding diaryl/α,β-unsaturated/α-hetero) is 1. The van der Waals surface area contributed by atoms with Crippen LogP contribution in [0.4, 0.5) is 5.69 Å². The number of carboxylic acids is 1. The summed E-state index contributed by atoms with van der Waals surface area (Å²) in [6.45, 7) is 2.15. The second kappa shape index (κ2) is 6.39. The van der Waals surface area contributed by atoms with Crippen molar-refractivity contribution in [3.8, 4) is 0 Å². The van der Waals surface area contributed by atoms with E-state index in [1.165, 1.54) is 6.92 Å². The molecule has 2 rings (SSSR count). The Labute approximate surface area is 131 Å². The van der Waals surface area contributed by atoms with Gasteiger partial charge in [0.2, 0.25) is 5.91 Å². The summed E-state index contributed by atoms with van der Waals surface area (Å²) in [6.07, 6.45) is 1.51. The third-order valence-corrected chi connectivity index (χ3v) is 4.19. The predicted octanol–water partition coefficient (Wildman–Crippen LogP) is 2.80. The van der Waals surface area contributed by atoms with Crippen molar-refractivity contribution in [2.45, 2.75) is 32.6 Å². The molecule has 0 aliphatic carbocycles. The van der Waals surface area contributed by atoms with Crippen LogP contribution < -0.4 is 4.90 Å². The van der Waals surface area contributed by atoms with Gasteiger partial charge in [0.25, 0.3) is 0 Å². The summed E-state index contributed by atoms with van der Waals surface area (Å²) in [5.41, 5.74) is 2.22. The third kappa shape index (κ3) is 3.50. The number of anilines is 1. The fourth-order valence-corrected chi connectivity index (χ4v) is 3.11. The van der Waals surface area contributed by atoms with Gasteiger partial charge in [0, 0.05) is 35.6 Å². The van der Waals surface area contributed by atoms with Crippen LogP contribution >= 0.6 is 15.9 Å². The fourth-order valence-electron chi connectivity index (χ4n) is 2.50. The van der Waals surface area contributed by atoms with Crippen LogP contribution in [0.5, 0.6) is 0 Å². The number of hydrogen-bond acceptors (Lipinski definition) is 3. The van der Waals surface area contributed by atoms with E-state index >= 15 is 0 Å². The average Bonchev–Trinajstić information content (AvgIpc) is 2.43. The summed E-state index contributed by atoms with van der Waals surface area (Å²) in [5.74, 6) is -1.29. The highest BCUT2D eigenvalue weighted by molar-refractivity contribution is 9.10. The molecule has 1 aromatic carbocycles. The van der Waals surface area contributed by atoms with Crippen LogP contribution in [0.1, 0.15) is 42.1 Å². The molecule has 5 nitrogen and oxygen atoms in total. The van der Waals surface area contributed by atoms with Crippen LogP contribution in [0.3, 0.4) is 0 Å². The van der Waals surface area contributed by atoms with Crippen LogP contribution in [0.2, 0.25) is 0 Å². The molecule has 6 heteroatoms. The van der Waals surface area contributed by atoms with Gasteiger partial charge in [-0.15, -0.1) is 0 Å². The number of carboxylic acid groups (broad SMARTS) is 1. The van der Waals surface area contributed by atoms with E-state index in [4.69, 9.17) is 5.11 Å². The Morgan fingerprint density at radius 1 is 1.29 bits per heavy atom. The number of ketones is 1. The average molecular weight is 354 g/mol. The van der Waals surface area contributed by atoms with Gasteiger partial charge in [0.15, 0.2) is 5.78 Å². The molecule has 0 saturated heterocycles. The van der Waals surface area contributed by atoms with E-state index in [1.54, 1.807) is 11.0 Å². The number of amides is 1. The van der Waals surface area contributed by atoms with Crippen LogP contribution in [-0.2, 0) is 16.0 Å². The Balaban J connectivity index is 2.35. The first-order valence-corrected chi connectivity index (χ1v) is 7.55. The number of halogens is 1. The molecule has 1 aliphatic rings. The molecule has 0 aromatic heterocycles. The highest BCUT2D eigenvalue weighted by Crippen LogP contribution is 2.33. The Kier molecular flexibility index (Phi) is 4.77. The number of carbonyl (C=O) groups excluding carboxylic acids is 2. The quantitative estimate of drug-likeness (QED) is 0.844. The zero-order valence-corrected chi connectivity index (χ0v) is 13.3. The summed E-state index contributed by atoms with van der Waals surface area (Å²) >= 11 is 3.37. The molecule has 21 heavy (non-hydrogen) atoms. The summed E-state index contributed by atoms with van der Waals surface area (Å²) in [7, 11) is 0. The van der Waals surface area contributed by atoms with Gasteiger partial charge in [0.05, 0.1) is 6.42 Å². The standard InChI is InChI=1S/C15H16BrNO4/c1-9(18)17-6-2-3-10-7-12(16)11(8-13(10)17)14(19)4-5-15(20)21/h7-8H,2-6H2,1H3,(H,20,21). The minimum Gasteiger partial charge on any atom is -0.481 e. The lowest BCUT2D eigenvalue weighted by molar-refractivity contribution is -0.137. The molecule has 1 N–H and O–H groups in total. The molecule has 1 heterocycles. The van der Waals surface area contributed by atoms with Crippen molar-refractivity contribution in [3.63, 3.8) is 0 Å². The number of carbonyl (C=O) groups is 3. The van der Waals surface area contributed by atoms with E-state index in [1.807, 2.05) is 6.07 Å². The molecule has 0 saturated carbocycles. The molecule has 0 radical (unpaired) electrons. The maximum absolute atomic E-state index is 12.1. The number of hydrogen-bond donors (Lipinski definition) is 1. The molecule has 112 valence electrons. The molecular formula is C15H16BrNO4. The smallest absolute Gasteiger partial charge is 0.303 e. The topological polar surface area (TPSA) is 74.7 Å². The van der Waals surface area contributed by atoms with Gasteiger partial charge in [-0.05, 0) is 30.5 Å². The largest absolute Gasteiger partial charge is 0.481 e. The number of aliphatic carboxylic acids is 1. The number of benzene rings is 1. The van der Waals surface area contributed by atoms with Crippen molar-refractivity contribution in [1.29, 1.82) is 0 Å². The summed E-state index contributed by atoms with van der Waals surface area (Å²) in [4.78, 5) is 36.1. The highest BCUT2D eigenvalue weighted by Gasteiger charge is 2.23. The maximum atomic E-state index is 12.1. The van der Waals surface area contributed by atoms with Crippen LogP contribution in [0, 0.1) is 0 Å². The first-order chi connectivity index (χ1) is 9.90. The molecule has 0 atom stereocenters. The van der Waals surface area contributed by atoms with Gasteiger partial charge >= 0.3 is 5.97 Å².